The van der Waals surface area contributed by atoms with Gasteiger partial charge in [0.15, 0.2) is 0 Å². The average Bonchev–Trinajstić information content (AvgIpc) is 2.15. The number of nitrogens with one attached hydrogen (secondary N) is 1. The van der Waals surface area contributed by atoms with Crippen molar-refractivity contribution in [2.45, 2.75) is 0 Å². The lowest BCUT2D eigenvalue weighted by molar-refractivity contribution is 0.100. The van der Waals surface area contributed by atoms with Crippen molar-refractivity contribution in [2.75, 3.05) is 11.9 Å². The first kappa shape index (κ1) is 9.14. The molecule has 3 heteroatoms. The van der Waals surface area contributed by atoms with Crippen LogP contribution in [0.25, 0.3) is 0 Å². The lowest BCUT2D eigenvalue weighted by atomic mass is 10.1. The highest BCUT2D eigenvalue weighted by molar-refractivity contribution is 5.98. The average molecular weight is 174 g/mol. The van der Waals surface area contributed by atoms with Crippen LogP contribution < -0.4 is 11.1 Å². The van der Waals surface area contributed by atoms with Gasteiger partial charge in [0.05, 0.1) is 12.1 Å². The van der Waals surface area contributed by atoms with Crippen LogP contribution in [0.2, 0.25) is 0 Å². The second-order valence-corrected chi connectivity index (χ2v) is 2.47. The SMILES string of the molecule is C#CCNc1ccccc1C(N)=O. The Morgan fingerprint density at radius 1 is 1.54 bits per heavy atom. The van der Waals surface area contributed by atoms with Gasteiger partial charge in [-0.15, -0.1) is 6.42 Å². The molecule has 1 aromatic rings. The Kier molecular flexibility index (Phi) is 2.93. The standard InChI is InChI=1S/C10H10N2O/c1-2-7-12-9-6-4-3-5-8(9)10(11)13/h1,3-6,12H,7H2,(H2,11,13). The first-order valence-electron chi connectivity index (χ1n) is 3.82. The third-order valence-corrected chi connectivity index (χ3v) is 1.57. The first-order chi connectivity index (χ1) is 6.25. The second-order valence-electron chi connectivity index (χ2n) is 2.47. The summed E-state index contributed by atoms with van der Waals surface area (Å²) in [5.41, 5.74) is 6.29. The Bertz CT molecular complexity index is 352. The number of amides is 1. The molecule has 0 aromatic heterocycles. The predicted octanol–water partition coefficient (Wildman–Crippen LogP) is 0.831. The summed E-state index contributed by atoms with van der Waals surface area (Å²) < 4.78 is 0. The molecule has 0 atom stereocenters. The number of hydrogen-bond donors (Lipinski definition) is 2. The summed E-state index contributed by atoms with van der Waals surface area (Å²) >= 11 is 0. The number of carbonyl (C=O) groups excluding carboxylic acids is 1. The Morgan fingerprint density at radius 2 is 2.23 bits per heavy atom. The van der Waals surface area contributed by atoms with Crippen molar-refractivity contribution in [1.29, 1.82) is 0 Å². The molecular formula is C10H10N2O. The molecule has 0 radical (unpaired) electrons. The quantitative estimate of drug-likeness (QED) is 0.667. The molecule has 0 fully saturated rings. The molecule has 3 N–H and O–H groups in total. The third-order valence-electron chi connectivity index (χ3n) is 1.57. The fourth-order valence-corrected chi connectivity index (χ4v) is 0.998. The molecule has 0 saturated heterocycles. The molecule has 0 aliphatic carbocycles. The van der Waals surface area contributed by atoms with Crippen molar-refractivity contribution in [1.82, 2.24) is 0 Å². The van der Waals surface area contributed by atoms with Gasteiger partial charge in [-0.05, 0) is 12.1 Å². The monoisotopic (exact) mass is 174 g/mol. The Hall–Kier alpha value is -1.95. The van der Waals surface area contributed by atoms with Crippen molar-refractivity contribution < 1.29 is 4.79 Å². The number of anilines is 1. The maximum atomic E-state index is 10.9. The van der Waals surface area contributed by atoms with Crippen molar-refractivity contribution in [3.05, 3.63) is 29.8 Å². The van der Waals surface area contributed by atoms with Gasteiger partial charge in [0.1, 0.15) is 0 Å². The lowest BCUT2D eigenvalue weighted by Crippen LogP contribution is -2.14. The smallest absolute Gasteiger partial charge is 0.250 e. The van der Waals surface area contributed by atoms with Crippen LogP contribution in [-0.4, -0.2) is 12.5 Å². The number of terminal acetylenes is 1. The maximum Gasteiger partial charge on any atom is 0.250 e. The fraction of sp³-hybridized carbons (Fsp3) is 0.100. The molecule has 0 heterocycles. The number of rotatable bonds is 3. The molecule has 1 aromatic carbocycles. The fourth-order valence-electron chi connectivity index (χ4n) is 0.998. The number of nitrogens with two attached hydrogens (primary N) is 1. The van der Waals surface area contributed by atoms with Crippen LogP contribution in [0, 0.1) is 12.3 Å². The Balaban J connectivity index is 2.92. The predicted molar refractivity (Wildman–Crippen MR) is 52.3 cm³/mol. The highest BCUT2D eigenvalue weighted by atomic mass is 16.1. The van der Waals surface area contributed by atoms with Gasteiger partial charge in [-0.1, -0.05) is 18.1 Å². The third kappa shape index (κ3) is 2.24. The van der Waals surface area contributed by atoms with Gasteiger partial charge < -0.3 is 11.1 Å². The van der Waals surface area contributed by atoms with E-state index in [-0.39, 0.29) is 0 Å². The minimum Gasteiger partial charge on any atom is -0.373 e. The van der Waals surface area contributed by atoms with E-state index in [4.69, 9.17) is 12.2 Å². The Labute approximate surface area is 76.9 Å². The molecule has 0 unspecified atom stereocenters. The highest BCUT2D eigenvalue weighted by Gasteiger charge is 2.04. The van der Waals surface area contributed by atoms with Crippen LogP contribution >= 0.6 is 0 Å². The van der Waals surface area contributed by atoms with E-state index in [9.17, 15) is 4.79 Å². The molecule has 13 heavy (non-hydrogen) atoms. The second kappa shape index (κ2) is 4.17. The van der Waals surface area contributed by atoms with E-state index in [0.717, 1.165) is 0 Å². The molecule has 3 nitrogen and oxygen atoms in total. The van der Waals surface area contributed by atoms with Gasteiger partial charge in [0, 0.05) is 5.69 Å². The minimum atomic E-state index is -0.458. The van der Waals surface area contributed by atoms with Gasteiger partial charge in [-0.25, -0.2) is 0 Å². The molecule has 1 rings (SSSR count). The van der Waals surface area contributed by atoms with Crippen molar-refractivity contribution in [2.24, 2.45) is 5.73 Å². The molecule has 0 saturated carbocycles. The summed E-state index contributed by atoms with van der Waals surface area (Å²) in [6, 6.07) is 6.98. The van der Waals surface area contributed by atoms with E-state index in [1.807, 2.05) is 6.07 Å². The summed E-state index contributed by atoms with van der Waals surface area (Å²) in [6.45, 7) is 0.379. The van der Waals surface area contributed by atoms with Crippen LogP contribution in [0.4, 0.5) is 5.69 Å². The summed E-state index contributed by atoms with van der Waals surface area (Å²) in [6.07, 6.45) is 5.07. The van der Waals surface area contributed by atoms with Gasteiger partial charge in [0.25, 0.3) is 5.91 Å². The number of primary amides is 1. The van der Waals surface area contributed by atoms with Crippen LogP contribution in [-0.2, 0) is 0 Å². The summed E-state index contributed by atoms with van der Waals surface area (Å²) in [5, 5.41) is 2.91. The molecule has 66 valence electrons. The first-order valence-corrected chi connectivity index (χ1v) is 3.82. The Morgan fingerprint density at radius 3 is 2.85 bits per heavy atom. The van der Waals surface area contributed by atoms with Gasteiger partial charge in [-0.3, -0.25) is 4.79 Å². The van der Waals surface area contributed by atoms with Gasteiger partial charge >= 0.3 is 0 Å². The molecule has 0 aliphatic rings. The highest BCUT2D eigenvalue weighted by Crippen LogP contribution is 2.13. The van der Waals surface area contributed by atoms with Crippen molar-refractivity contribution in [3.63, 3.8) is 0 Å². The number of hydrogen-bond acceptors (Lipinski definition) is 2. The van der Waals surface area contributed by atoms with Crippen LogP contribution in [0.1, 0.15) is 10.4 Å². The van der Waals surface area contributed by atoms with Gasteiger partial charge in [0.2, 0.25) is 0 Å². The topological polar surface area (TPSA) is 55.1 Å². The van der Waals surface area contributed by atoms with Crippen LogP contribution in [0.5, 0.6) is 0 Å². The molecular weight excluding hydrogens is 164 g/mol. The number of benzene rings is 1. The summed E-state index contributed by atoms with van der Waals surface area (Å²) in [4.78, 5) is 10.9. The van der Waals surface area contributed by atoms with Crippen molar-refractivity contribution in [3.8, 4) is 12.3 Å². The van der Waals surface area contributed by atoms with E-state index in [1.54, 1.807) is 18.2 Å². The molecule has 0 aliphatic heterocycles. The van der Waals surface area contributed by atoms with Crippen LogP contribution in [0.15, 0.2) is 24.3 Å². The maximum absolute atomic E-state index is 10.9. The van der Waals surface area contributed by atoms with E-state index < -0.39 is 5.91 Å². The van der Waals surface area contributed by atoms with Crippen LogP contribution in [0.3, 0.4) is 0 Å². The zero-order valence-corrected chi connectivity index (χ0v) is 7.08. The molecule has 0 spiro atoms. The zero-order valence-electron chi connectivity index (χ0n) is 7.08. The zero-order chi connectivity index (χ0) is 9.68. The summed E-state index contributed by atoms with van der Waals surface area (Å²) in [5.74, 6) is 1.96. The van der Waals surface area contributed by atoms with E-state index in [1.165, 1.54) is 0 Å². The minimum absolute atomic E-state index is 0.379. The number of para-hydroxylation sites is 1. The normalized spacial score (nSPS) is 8.85. The lowest BCUT2D eigenvalue weighted by Gasteiger charge is -2.06. The largest absolute Gasteiger partial charge is 0.373 e. The van der Waals surface area contributed by atoms with E-state index in [0.29, 0.717) is 17.8 Å². The van der Waals surface area contributed by atoms with E-state index >= 15 is 0 Å². The number of carbonyl (C=O) groups is 1. The molecule has 0 bridgehead atoms. The summed E-state index contributed by atoms with van der Waals surface area (Å²) in [7, 11) is 0. The van der Waals surface area contributed by atoms with Crippen molar-refractivity contribution >= 4 is 11.6 Å². The van der Waals surface area contributed by atoms with Gasteiger partial charge in [-0.2, -0.15) is 0 Å². The molecule has 1 amide bonds. The van der Waals surface area contributed by atoms with E-state index in [2.05, 4.69) is 11.2 Å².